The van der Waals surface area contributed by atoms with Crippen LogP contribution in [0.5, 0.6) is 0 Å². The summed E-state index contributed by atoms with van der Waals surface area (Å²) in [6, 6.07) is 14.8. The number of carbonyl (C=O) groups is 2. The Hall–Kier alpha value is -3.42. The second kappa shape index (κ2) is 11.1. The molecule has 0 atom stereocenters. The van der Waals surface area contributed by atoms with E-state index in [-0.39, 0.29) is 41.3 Å². The summed E-state index contributed by atoms with van der Waals surface area (Å²) < 4.78 is 32.4. The van der Waals surface area contributed by atoms with E-state index in [9.17, 15) is 23.3 Å². The number of anilines is 2. The van der Waals surface area contributed by atoms with Crippen molar-refractivity contribution >= 4 is 33.4 Å². The molecule has 2 aromatic rings. The minimum atomic E-state index is -3.81. The first-order chi connectivity index (χ1) is 16.2. The molecule has 2 N–H and O–H groups in total. The molecule has 34 heavy (non-hydrogen) atoms. The fourth-order valence-electron chi connectivity index (χ4n) is 3.60. The largest absolute Gasteiger partial charge is 0.449 e. The van der Waals surface area contributed by atoms with Crippen molar-refractivity contribution in [1.82, 2.24) is 4.31 Å². The topological polar surface area (TPSA) is 129 Å². The standard InChI is InChI=1S/C24H28N4O5S/c1-17(2)16-33-24(30)27-21-8-5-7-20(14-21)26-23(29)18-10-12-28(13-11-18)34(31,32)22-9-4-3-6-19(22)15-25/h3-9,14,17-18H,10-13,16H2,1-2H3,(H,26,29)(H,27,30). The highest BCUT2D eigenvalue weighted by Gasteiger charge is 2.33. The first-order valence-electron chi connectivity index (χ1n) is 11.0. The number of hydrogen-bond acceptors (Lipinski definition) is 6. The third-order valence-corrected chi connectivity index (χ3v) is 7.33. The van der Waals surface area contributed by atoms with E-state index in [2.05, 4.69) is 10.6 Å². The van der Waals surface area contributed by atoms with Gasteiger partial charge >= 0.3 is 6.09 Å². The van der Waals surface area contributed by atoms with Crippen molar-refractivity contribution in [3.8, 4) is 6.07 Å². The van der Waals surface area contributed by atoms with Crippen molar-refractivity contribution in [3.63, 3.8) is 0 Å². The molecule has 0 unspecified atom stereocenters. The third kappa shape index (κ3) is 6.34. The number of amides is 2. The summed E-state index contributed by atoms with van der Waals surface area (Å²) in [5, 5.41) is 14.7. The number of benzene rings is 2. The quantitative estimate of drug-likeness (QED) is 0.615. The predicted molar refractivity (Wildman–Crippen MR) is 128 cm³/mol. The van der Waals surface area contributed by atoms with Gasteiger partial charge in [-0.25, -0.2) is 13.2 Å². The number of hydrogen-bond donors (Lipinski definition) is 2. The van der Waals surface area contributed by atoms with Crippen LogP contribution in [0.25, 0.3) is 0 Å². The molecular weight excluding hydrogens is 456 g/mol. The van der Waals surface area contributed by atoms with E-state index in [1.165, 1.54) is 16.4 Å². The molecule has 180 valence electrons. The molecule has 1 aliphatic heterocycles. The van der Waals surface area contributed by atoms with Crippen LogP contribution in [0.4, 0.5) is 16.2 Å². The molecule has 2 amide bonds. The van der Waals surface area contributed by atoms with Gasteiger partial charge in [0.1, 0.15) is 6.07 Å². The van der Waals surface area contributed by atoms with Gasteiger partial charge in [-0.3, -0.25) is 10.1 Å². The van der Waals surface area contributed by atoms with E-state index in [1.807, 2.05) is 19.9 Å². The first kappa shape index (κ1) is 25.2. The Kier molecular flexibility index (Phi) is 8.26. The van der Waals surface area contributed by atoms with Gasteiger partial charge in [0.15, 0.2) is 0 Å². The molecule has 0 aromatic heterocycles. The summed E-state index contributed by atoms with van der Waals surface area (Å²) in [6.07, 6.45) is 0.155. The molecule has 0 saturated carbocycles. The number of piperidine rings is 1. The van der Waals surface area contributed by atoms with Crippen molar-refractivity contribution in [2.24, 2.45) is 11.8 Å². The van der Waals surface area contributed by atoms with Crippen molar-refractivity contribution in [2.45, 2.75) is 31.6 Å². The fourth-order valence-corrected chi connectivity index (χ4v) is 5.21. The Labute approximate surface area is 199 Å². The number of sulfonamides is 1. The van der Waals surface area contributed by atoms with Crippen LogP contribution in [-0.2, 0) is 19.6 Å². The first-order valence-corrected chi connectivity index (χ1v) is 12.5. The maximum absolute atomic E-state index is 13.0. The van der Waals surface area contributed by atoms with E-state index in [4.69, 9.17) is 4.74 Å². The monoisotopic (exact) mass is 484 g/mol. The second-order valence-corrected chi connectivity index (χ2v) is 10.4. The molecule has 1 aliphatic rings. The van der Waals surface area contributed by atoms with Gasteiger partial charge in [0.25, 0.3) is 0 Å². The molecule has 0 aliphatic carbocycles. The lowest BCUT2D eigenvalue weighted by Crippen LogP contribution is -2.41. The van der Waals surface area contributed by atoms with Gasteiger partial charge in [0, 0.05) is 30.4 Å². The zero-order valence-corrected chi connectivity index (χ0v) is 20.0. The molecule has 10 heteroatoms. The van der Waals surface area contributed by atoms with Crippen molar-refractivity contribution in [1.29, 1.82) is 5.26 Å². The van der Waals surface area contributed by atoms with Crippen LogP contribution in [0, 0.1) is 23.2 Å². The minimum Gasteiger partial charge on any atom is -0.449 e. The molecular formula is C24H28N4O5S. The molecule has 1 heterocycles. The number of nitrogens with zero attached hydrogens (tertiary/aromatic N) is 2. The fraction of sp³-hybridized carbons (Fsp3) is 0.375. The number of nitriles is 1. The normalized spacial score (nSPS) is 14.9. The van der Waals surface area contributed by atoms with Crippen LogP contribution >= 0.6 is 0 Å². The maximum atomic E-state index is 13.0. The van der Waals surface area contributed by atoms with Crippen LogP contribution in [0.1, 0.15) is 32.3 Å². The highest BCUT2D eigenvalue weighted by molar-refractivity contribution is 7.89. The minimum absolute atomic E-state index is 0.0170. The summed E-state index contributed by atoms with van der Waals surface area (Å²) in [5.41, 5.74) is 1.11. The van der Waals surface area contributed by atoms with Crippen molar-refractivity contribution < 1.29 is 22.7 Å². The van der Waals surface area contributed by atoms with Crippen molar-refractivity contribution in [3.05, 3.63) is 54.1 Å². The molecule has 0 radical (unpaired) electrons. The van der Waals surface area contributed by atoms with Gasteiger partial charge in [-0.1, -0.05) is 32.0 Å². The zero-order chi connectivity index (χ0) is 24.7. The van der Waals surface area contributed by atoms with E-state index < -0.39 is 16.1 Å². The van der Waals surface area contributed by atoms with Crippen LogP contribution in [0.2, 0.25) is 0 Å². The van der Waals surface area contributed by atoms with Crippen LogP contribution < -0.4 is 10.6 Å². The zero-order valence-electron chi connectivity index (χ0n) is 19.2. The van der Waals surface area contributed by atoms with Gasteiger partial charge in [-0.2, -0.15) is 9.57 Å². The van der Waals surface area contributed by atoms with Gasteiger partial charge in [-0.15, -0.1) is 0 Å². The smallest absolute Gasteiger partial charge is 0.411 e. The number of nitrogens with one attached hydrogen (secondary N) is 2. The SMILES string of the molecule is CC(C)COC(=O)Nc1cccc(NC(=O)C2CCN(S(=O)(=O)c3ccccc3C#N)CC2)c1. The average molecular weight is 485 g/mol. The molecule has 1 fully saturated rings. The van der Waals surface area contributed by atoms with E-state index >= 15 is 0 Å². The lowest BCUT2D eigenvalue weighted by atomic mass is 9.97. The van der Waals surface area contributed by atoms with E-state index in [0.29, 0.717) is 30.8 Å². The van der Waals surface area contributed by atoms with E-state index in [0.717, 1.165) is 0 Å². The van der Waals surface area contributed by atoms with Crippen LogP contribution in [0.15, 0.2) is 53.4 Å². The molecule has 1 saturated heterocycles. The predicted octanol–water partition coefficient (Wildman–Crippen LogP) is 3.80. The number of ether oxygens (including phenoxy) is 1. The molecule has 0 bridgehead atoms. The Bertz CT molecular complexity index is 1180. The third-order valence-electron chi connectivity index (χ3n) is 5.37. The molecule has 9 nitrogen and oxygen atoms in total. The van der Waals surface area contributed by atoms with E-state index in [1.54, 1.807) is 36.4 Å². The Morgan fingerprint density at radius 3 is 2.38 bits per heavy atom. The van der Waals surface area contributed by atoms with Crippen molar-refractivity contribution in [2.75, 3.05) is 30.3 Å². The van der Waals surface area contributed by atoms with Crippen LogP contribution in [-0.4, -0.2) is 44.4 Å². The Morgan fingerprint density at radius 1 is 1.09 bits per heavy atom. The Balaban J connectivity index is 1.57. The maximum Gasteiger partial charge on any atom is 0.411 e. The van der Waals surface area contributed by atoms with Gasteiger partial charge in [0.05, 0.1) is 17.1 Å². The Morgan fingerprint density at radius 2 is 1.74 bits per heavy atom. The summed E-state index contributed by atoms with van der Waals surface area (Å²) in [4.78, 5) is 24.6. The summed E-state index contributed by atoms with van der Waals surface area (Å²) in [5.74, 6) is -0.349. The lowest BCUT2D eigenvalue weighted by molar-refractivity contribution is -0.120. The molecule has 2 aromatic carbocycles. The van der Waals surface area contributed by atoms with Crippen LogP contribution in [0.3, 0.4) is 0 Å². The lowest BCUT2D eigenvalue weighted by Gasteiger charge is -2.30. The highest BCUT2D eigenvalue weighted by atomic mass is 32.2. The van der Waals surface area contributed by atoms with Gasteiger partial charge in [0.2, 0.25) is 15.9 Å². The average Bonchev–Trinajstić information content (AvgIpc) is 2.83. The second-order valence-electron chi connectivity index (χ2n) is 8.47. The summed E-state index contributed by atoms with van der Waals surface area (Å²) in [7, 11) is -3.81. The number of rotatable bonds is 7. The number of carbonyl (C=O) groups excluding carboxylic acids is 2. The van der Waals surface area contributed by atoms with Gasteiger partial charge < -0.3 is 10.1 Å². The molecule has 0 spiro atoms. The van der Waals surface area contributed by atoms with Gasteiger partial charge in [-0.05, 0) is 49.1 Å². The summed E-state index contributed by atoms with van der Waals surface area (Å²) >= 11 is 0. The summed E-state index contributed by atoms with van der Waals surface area (Å²) in [6.45, 7) is 4.55. The highest BCUT2D eigenvalue weighted by Crippen LogP contribution is 2.27. The molecule has 3 rings (SSSR count).